The first-order chi connectivity index (χ1) is 9.69. The van der Waals surface area contributed by atoms with Crippen LogP contribution < -0.4 is 10.5 Å². The first-order valence-electron chi connectivity index (χ1n) is 6.84. The summed E-state index contributed by atoms with van der Waals surface area (Å²) in [5.74, 6) is 0.752. The van der Waals surface area contributed by atoms with Crippen molar-refractivity contribution in [3.8, 4) is 5.75 Å². The highest BCUT2D eigenvalue weighted by molar-refractivity contribution is 5.26. The van der Waals surface area contributed by atoms with Crippen LogP contribution in [0.1, 0.15) is 23.5 Å². The normalized spacial score (nSPS) is 12.2. The standard InChI is InChI=1S/C17H20FNO/c1-13-5-7-17(8-6-13)20-10-9-15(12-19)14-3-2-4-16(18)11-14/h2-8,11,15H,9-10,12,19H2,1H3. The molecule has 0 aliphatic heterocycles. The van der Waals surface area contributed by atoms with Gasteiger partial charge in [-0.1, -0.05) is 29.8 Å². The number of hydrogen-bond acceptors (Lipinski definition) is 2. The fourth-order valence-electron chi connectivity index (χ4n) is 2.13. The molecule has 0 aliphatic carbocycles. The second kappa shape index (κ2) is 7.06. The van der Waals surface area contributed by atoms with Gasteiger partial charge in [-0.3, -0.25) is 0 Å². The predicted octanol–water partition coefficient (Wildman–Crippen LogP) is 3.65. The van der Waals surface area contributed by atoms with Crippen LogP contribution in [-0.4, -0.2) is 13.2 Å². The van der Waals surface area contributed by atoms with Crippen molar-refractivity contribution in [1.82, 2.24) is 0 Å². The molecule has 0 fully saturated rings. The van der Waals surface area contributed by atoms with Crippen LogP contribution in [0, 0.1) is 12.7 Å². The van der Waals surface area contributed by atoms with Gasteiger partial charge in [-0.2, -0.15) is 0 Å². The molecule has 1 atom stereocenters. The van der Waals surface area contributed by atoms with Crippen LogP contribution in [0.15, 0.2) is 48.5 Å². The van der Waals surface area contributed by atoms with E-state index in [1.807, 2.05) is 37.3 Å². The van der Waals surface area contributed by atoms with E-state index in [2.05, 4.69) is 0 Å². The smallest absolute Gasteiger partial charge is 0.123 e. The minimum atomic E-state index is -0.222. The van der Waals surface area contributed by atoms with Gasteiger partial charge in [-0.25, -0.2) is 4.39 Å². The van der Waals surface area contributed by atoms with E-state index in [0.29, 0.717) is 13.2 Å². The van der Waals surface area contributed by atoms with E-state index in [-0.39, 0.29) is 11.7 Å². The Balaban J connectivity index is 1.89. The lowest BCUT2D eigenvalue weighted by molar-refractivity contribution is 0.298. The van der Waals surface area contributed by atoms with Crippen LogP contribution in [0.25, 0.3) is 0 Å². The Bertz CT molecular complexity index is 539. The fraction of sp³-hybridized carbons (Fsp3) is 0.294. The summed E-state index contributed by atoms with van der Waals surface area (Å²) in [5, 5.41) is 0. The quantitative estimate of drug-likeness (QED) is 0.872. The molecule has 0 spiro atoms. The average molecular weight is 273 g/mol. The molecule has 0 saturated heterocycles. The first-order valence-corrected chi connectivity index (χ1v) is 6.84. The lowest BCUT2D eigenvalue weighted by atomic mass is 9.96. The Morgan fingerprint density at radius 2 is 1.90 bits per heavy atom. The van der Waals surface area contributed by atoms with Gasteiger partial charge < -0.3 is 10.5 Å². The topological polar surface area (TPSA) is 35.2 Å². The Morgan fingerprint density at radius 3 is 2.55 bits per heavy atom. The van der Waals surface area contributed by atoms with Crippen molar-refractivity contribution in [2.24, 2.45) is 5.73 Å². The maximum atomic E-state index is 13.2. The fourth-order valence-corrected chi connectivity index (χ4v) is 2.13. The number of aryl methyl sites for hydroxylation is 1. The number of rotatable bonds is 6. The molecule has 2 aromatic rings. The van der Waals surface area contributed by atoms with Crippen molar-refractivity contribution < 1.29 is 9.13 Å². The van der Waals surface area contributed by atoms with Gasteiger partial charge in [-0.05, 0) is 55.6 Å². The zero-order valence-electron chi connectivity index (χ0n) is 11.7. The third-order valence-corrected chi connectivity index (χ3v) is 3.36. The van der Waals surface area contributed by atoms with E-state index in [4.69, 9.17) is 10.5 Å². The summed E-state index contributed by atoms with van der Waals surface area (Å²) >= 11 is 0. The zero-order valence-corrected chi connectivity index (χ0v) is 11.7. The van der Waals surface area contributed by atoms with E-state index in [9.17, 15) is 4.39 Å². The van der Waals surface area contributed by atoms with Gasteiger partial charge in [0.1, 0.15) is 11.6 Å². The lowest BCUT2D eigenvalue weighted by Crippen LogP contribution is -2.15. The summed E-state index contributed by atoms with van der Waals surface area (Å²) in [6.45, 7) is 3.10. The van der Waals surface area contributed by atoms with Crippen LogP contribution >= 0.6 is 0 Å². The van der Waals surface area contributed by atoms with Gasteiger partial charge in [0.15, 0.2) is 0 Å². The molecule has 20 heavy (non-hydrogen) atoms. The molecule has 0 amide bonds. The number of hydrogen-bond donors (Lipinski definition) is 1. The van der Waals surface area contributed by atoms with Crippen molar-refractivity contribution in [2.45, 2.75) is 19.3 Å². The first kappa shape index (κ1) is 14.5. The molecular weight excluding hydrogens is 253 g/mol. The maximum Gasteiger partial charge on any atom is 0.123 e. The van der Waals surface area contributed by atoms with Crippen LogP contribution in [0.5, 0.6) is 5.75 Å². The Hall–Kier alpha value is -1.87. The van der Waals surface area contributed by atoms with E-state index >= 15 is 0 Å². The minimum absolute atomic E-state index is 0.121. The molecule has 0 saturated carbocycles. The van der Waals surface area contributed by atoms with Crippen LogP contribution in [0.3, 0.4) is 0 Å². The summed E-state index contributed by atoms with van der Waals surface area (Å²) in [6, 6.07) is 14.6. The van der Waals surface area contributed by atoms with Crippen molar-refractivity contribution in [3.63, 3.8) is 0 Å². The molecule has 2 rings (SSSR count). The summed E-state index contributed by atoms with van der Waals surface area (Å²) in [4.78, 5) is 0. The lowest BCUT2D eigenvalue weighted by Gasteiger charge is -2.16. The summed E-state index contributed by atoms with van der Waals surface area (Å²) < 4.78 is 18.9. The third-order valence-electron chi connectivity index (χ3n) is 3.36. The molecule has 3 heteroatoms. The minimum Gasteiger partial charge on any atom is -0.494 e. The van der Waals surface area contributed by atoms with E-state index in [1.54, 1.807) is 12.1 Å². The van der Waals surface area contributed by atoms with Gasteiger partial charge in [0, 0.05) is 0 Å². The van der Waals surface area contributed by atoms with E-state index in [0.717, 1.165) is 17.7 Å². The molecule has 1 unspecified atom stereocenters. The molecule has 0 aromatic heterocycles. The Kier molecular flexibility index (Phi) is 5.13. The van der Waals surface area contributed by atoms with Crippen LogP contribution in [0.4, 0.5) is 4.39 Å². The second-order valence-electron chi connectivity index (χ2n) is 4.94. The number of nitrogens with two attached hydrogens (primary N) is 1. The number of ether oxygens (including phenoxy) is 1. The van der Waals surface area contributed by atoms with Crippen LogP contribution in [0.2, 0.25) is 0 Å². The maximum absolute atomic E-state index is 13.2. The highest BCUT2D eigenvalue weighted by Crippen LogP contribution is 2.20. The molecule has 2 nitrogen and oxygen atoms in total. The van der Waals surface area contributed by atoms with Crippen molar-refractivity contribution in [3.05, 3.63) is 65.5 Å². The molecule has 106 valence electrons. The highest BCUT2D eigenvalue weighted by atomic mass is 19.1. The summed E-state index contributed by atoms with van der Waals surface area (Å²) in [6.07, 6.45) is 0.772. The molecule has 0 bridgehead atoms. The van der Waals surface area contributed by atoms with Crippen molar-refractivity contribution in [1.29, 1.82) is 0 Å². The predicted molar refractivity (Wildman–Crippen MR) is 79.5 cm³/mol. The average Bonchev–Trinajstić information content (AvgIpc) is 2.45. The van der Waals surface area contributed by atoms with Crippen LogP contribution in [-0.2, 0) is 0 Å². The Morgan fingerprint density at radius 1 is 1.15 bits per heavy atom. The number of halogens is 1. The highest BCUT2D eigenvalue weighted by Gasteiger charge is 2.10. The SMILES string of the molecule is Cc1ccc(OCCC(CN)c2cccc(F)c2)cc1. The monoisotopic (exact) mass is 273 g/mol. The third kappa shape index (κ3) is 4.07. The second-order valence-corrected chi connectivity index (χ2v) is 4.94. The molecule has 0 heterocycles. The number of benzene rings is 2. The van der Waals surface area contributed by atoms with Crippen molar-refractivity contribution >= 4 is 0 Å². The molecule has 2 aromatic carbocycles. The van der Waals surface area contributed by atoms with Gasteiger partial charge >= 0.3 is 0 Å². The molecule has 0 radical (unpaired) electrons. The molecule has 0 aliphatic rings. The van der Waals surface area contributed by atoms with Gasteiger partial charge in [-0.15, -0.1) is 0 Å². The van der Waals surface area contributed by atoms with Crippen molar-refractivity contribution in [2.75, 3.05) is 13.2 Å². The summed E-state index contributed by atoms with van der Waals surface area (Å²) in [7, 11) is 0. The van der Waals surface area contributed by atoms with Gasteiger partial charge in [0.25, 0.3) is 0 Å². The molecule has 2 N–H and O–H groups in total. The van der Waals surface area contributed by atoms with Gasteiger partial charge in [0.2, 0.25) is 0 Å². The zero-order chi connectivity index (χ0) is 14.4. The Labute approximate surface area is 119 Å². The summed E-state index contributed by atoms with van der Waals surface area (Å²) in [5.41, 5.74) is 7.91. The largest absolute Gasteiger partial charge is 0.494 e. The van der Waals surface area contributed by atoms with Gasteiger partial charge in [0.05, 0.1) is 6.61 Å². The molecular formula is C17H20FNO. The van der Waals surface area contributed by atoms with E-state index < -0.39 is 0 Å². The van der Waals surface area contributed by atoms with E-state index in [1.165, 1.54) is 11.6 Å².